The van der Waals surface area contributed by atoms with Crippen LogP contribution in [0.15, 0.2) is 97.1 Å². The van der Waals surface area contributed by atoms with E-state index in [1.807, 2.05) is 0 Å². The van der Waals surface area contributed by atoms with E-state index in [9.17, 15) is 0 Å². The van der Waals surface area contributed by atoms with Crippen molar-refractivity contribution in [3.8, 4) is 45.6 Å². The molecular weight excluding hydrogens is 843 g/mol. The van der Waals surface area contributed by atoms with Gasteiger partial charge in [-0.2, -0.15) is 0 Å². The van der Waals surface area contributed by atoms with Gasteiger partial charge in [-0.15, -0.1) is 0 Å². The van der Waals surface area contributed by atoms with Gasteiger partial charge in [0.05, 0.1) is 0 Å². The minimum absolute atomic E-state index is 0.551. The van der Waals surface area contributed by atoms with Gasteiger partial charge in [0.1, 0.15) is 34.5 Å². The minimum Gasteiger partial charge on any atom is -0.408 e. The fourth-order valence-corrected chi connectivity index (χ4v) is 12.7. The molecule has 8 aromatic rings. The molecule has 326 valence electrons. The van der Waals surface area contributed by atoms with E-state index >= 15 is 0 Å². The van der Waals surface area contributed by atoms with Gasteiger partial charge < -0.3 is 27.1 Å². The maximum Gasteiger partial charge on any atom is 0.530 e. The van der Waals surface area contributed by atoms with Gasteiger partial charge in [0.15, 0.2) is 0 Å². The van der Waals surface area contributed by atoms with Crippen molar-refractivity contribution in [2.75, 3.05) is 0 Å². The van der Waals surface area contributed by atoms with Crippen LogP contribution in [0.4, 0.5) is 0 Å². The highest BCUT2D eigenvalue weighted by molar-refractivity contribution is 7.43. The van der Waals surface area contributed by atoms with E-state index < -0.39 is 17.2 Å². The zero-order valence-corrected chi connectivity index (χ0v) is 40.5. The van der Waals surface area contributed by atoms with E-state index in [1.54, 1.807) is 0 Å². The third-order valence-corrected chi connectivity index (χ3v) is 16.2. The van der Waals surface area contributed by atoms with E-state index in [-0.39, 0.29) is 0 Å². The van der Waals surface area contributed by atoms with Crippen LogP contribution in [0.1, 0.15) is 89.0 Å². The molecule has 0 saturated carbocycles. The Labute approximate surface area is 384 Å². The van der Waals surface area contributed by atoms with E-state index in [4.69, 9.17) is 27.1 Å². The molecule has 3 aliphatic rings. The third-order valence-electron chi connectivity index (χ3n) is 14.2. The number of fused-ring (bicyclic) bond motifs is 11. The van der Waals surface area contributed by atoms with Gasteiger partial charge in [-0.05, 0) is 159 Å². The third kappa shape index (κ3) is 6.91. The van der Waals surface area contributed by atoms with Crippen LogP contribution in [0.5, 0.6) is 34.5 Å². The molecule has 6 nitrogen and oxygen atoms in total. The van der Waals surface area contributed by atoms with Crippen molar-refractivity contribution in [2.45, 2.75) is 88.5 Å². The van der Waals surface area contributed by atoms with Gasteiger partial charge in [0.2, 0.25) is 0 Å². The van der Waals surface area contributed by atoms with Crippen LogP contribution >= 0.6 is 17.2 Å². The number of benzene rings is 8. The van der Waals surface area contributed by atoms with Crippen molar-refractivity contribution in [1.82, 2.24) is 0 Å². The molecule has 11 rings (SSSR count). The SMILES string of the molecule is Cc1cc(C)c2c(c1C)OP1Oc3ccc4ccccc4c3-c3c(ccc4ccccc34)OP3Oc4c(C)c(C)cc(C)c4Cc4c(C)cc(C)c(c4O3)Cc3c(C)cc(C)c(c3O1)C2. The zero-order valence-electron chi connectivity index (χ0n) is 38.7. The lowest BCUT2D eigenvalue weighted by Gasteiger charge is -2.30. The molecular formula is C57H52O6P2. The quantitative estimate of drug-likeness (QED) is 0.141. The molecule has 2 atom stereocenters. The molecule has 3 heterocycles. The highest BCUT2D eigenvalue weighted by Gasteiger charge is 2.37. The summed E-state index contributed by atoms with van der Waals surface area (Å²) in [6.07, 6.45) is 1.86. The number of hydrogen-bond acceptors (Lipinski definition) is 6. The Morgan fingerprint density at radius 3 is 1.00 bits per heavy atom. The van der Waals surface area contributed by atoms with Crippen LogP contribution in [0.2, 0.25) is 0 Å². The fraction of sp³-hybridized carbons (Fsp3) is 0.228. The average molecular weight is 895 g/mol. The second-order valence-corrected chi connectivity index (χ2v) is 20.3. The van der Waals surface area contributed by atoms with Gasteiger partial charge in [-0.3, -0.25) is 0 Å². The first kappa shape index (κ1) is 41.6. The fourth-order valence-electron chi connectivity index (χ4n) is 10.3. The summed E-state index contributed by atoms with van der Waals surface area (Å²) in [5, 5.41) is 4.14. The minimum atomic E-state index is -2.09. The Morgan fingerprint density at radius 1 is 0.323 bits per heavy atom. The first-order chi connectivity index (χ1) is 31.3. The average Bonchev–Trinajstić information content (AvgIpc) is 3.26. The Hall–Kier alpha value is -6.06. The van der Waals surface area contributed by atoms with Crippen molar-refractivity contribution in [1.29, 1.82) is 0 Å². The molecule has 0 spiro atoms. The summed E-state index contributed by atoms with van der Waals surface area (Å²) in [6.45, 7) is 21.8. The normalized spacial score (nSPS) is 16.1. The monoisotopic (exact) mass is 894 g/mol. The van der Waals surface area contributed by atoms with Gasteiger partial charge in [0.25, 0.3) is 0 Å². The van der Waals surface area contributed by atoms with E-state index in [2.05, 4.69) is 166 Å². The molecule has 0 fully saturated rings. The second-order valence-electron chi connectivity index (χ2n) is 18.3. The smallest absolute Gasteiger partial charge is 0.408 e. The molecule has 0 saturated heterocycles. The number of hydrogen-bond donors (Lipinski definition) is 0. The van der Waals surface area contributed by atoms with Gasteiger partial charge in [-0.25, -0.2) is 0 Å². The van der Waals surface area contributed by atoms with Crippen molar-refractivity contribution in [3.05, 3.63) is 186 Å². The highest BCUT2D eigenvalue weighted by atomic mass is 31.2. The lowest BCUT2D eigenvalue weighted by atomic mass is 9.85. The Balaban J connectivity index is 1.27. The van der Waals surface area contributed by atoms with Crippen LogP contribution in [-0.4, -0.2) is 0 Å². The zero-order chi connectivity index (χ0) is 45.0. The van der Waals surface area contributed by atoms with Gasteiger partial charge in [0, 0.05) is 63.8 Å². The van der Waals surface area contributed by atoms with Crippen LogP contribution < -0.4 is 27.1 Å². The molecule has 8 aromatic carbocycles. The van der Waals surface area contributed by atoms with Crippen molar-refractivity contribution in [3.63, 3.8) is 0 Å². The second kappa shape index (κ2) is 15.8. The molecule has 0 N–H and O–H groups in total. The summed E-state index contributed by atoms with van der Waals surface area (Å²) in [5.74, 6) is 4.51. The molecule has 0 radical (unpaired) electrons. The largest absolute Gasteiger partial charge is 0.530 e. The lowest BCUT2D eigenvalue weighted by Crippen LogP contribution is -2.15. The van der Waals surface area contributed by atoms with Crippen LogP contribution in [0.3, 0.4) is 0 Å². The summed E-state index contributed by atoms with van der Waals surface area (Å²) in [6, 6.07) is 34.4. The molecule has 0 aliphatic carbocycles. The molecule has 4 bridgehead atoms. The topological polar surface area (TPSA) is 55.4 Å². The van der Waals surface area contributed by atoms with Gasteiger partial charge >= 0.3 is 17.2 Å². The predicted octanol–water partition coefficient (Wildman–Crippen LogP) is 16.0. The van der Waals surface area contributed by atoms with E-state index in [0.29, 0.717) is 30.8 Å². The summed E-state index contributed by atoms with van der Waals surface area (Å²) in [7, 11) is -4.18. The van der Waals surface area contributed by atoms with Crippen molar-refractivity contribution >= 4 is 38.7 Å². The molecule has 8 heteroatoms. The lowest BCUT2D eigenvalue weighted by molar-refractivity contribution is 0.378. The predicted molar refractivity (Wildman–Crippen MR) is 266 cm³/mol. The summed E-state index contributed by atoms with van der Waals surface area (Å²) in [5.41, 5.74) is 19.9. The molecule has 3 aliphatic heterocycles. The Morgan fingerprint density at radius 2 is 0.631 bits per heavy atom. The van der Waals surface area contributed by atoms with Crippen LogP contribution in [-0.2, 0) is 19.3 Å². The molecule has 0 amide bonds. The highest BCUT2D eigenvalue weighted by Crippen LogP contribution is 2.58. The van der Waals surface area contributed by atoms with Gasteiger partial charge in [-0.1, -0.05) is 84.9 Å². The molecule has 2 unspecified atom stereocenters. The standard InChI is InChI=1S/C57H52O6P2/c1-30-23-32(3)44-27-46-34(5)25-36(7)48-29-49-37(8)26-35(6)47-28-45-33(4)24-31(2)39(10)55(45)61-65(63-57(47)49)59-51-22-20-41-16-12-14-18-43(41)53(51)52-42-17-13-11-15-40(42)19-21-50(52)58-64(62-56(46)48)60-54(44)38(30)9/h11-26H,27-29H2,1-10H3. The first-order valence-corrected chi connectivity index (χ1v) is 24.7. The molecule has 0 aromatic heterocycles. The summed E-state index contributed by atoms with van der Waals surface area (Å²) < 4.78 is 43.9. The van der Waals surface area contributed by atoms with Crippen molar-refractivity contribution in [2.24, 2.45) is 0 Å². The van der Waals surface area contributed by atoms with Crippen LogP contribution in [0, 0.1) is 69.2 Å². The Bertz CT molecular complexity index is 3110. The maximum absolute atomic E-state index is 7.40. The summed E-state index contributed by atoms with van der Waals surface area (Å²) >= 11 is 0. The van der Waals surface area contributed by atoms with Crippen molar-refractivity contribution < 1.29 is 27.1 Å². The summed E-state index contributed by atoms with van der Waals surface area (Å²) in [4.78, 5) is 0. The molecule has 65 heavy (non-hydrogen) atoms. The number of aryl methyl sites for hydroxylation is 8. The first-order valence-electron chi connectivity index (χ1n) is 22.5. The van der Waals surface area contributed by atoms with Crippen LogP contribution in [0.25, 0.3) is 32.7 Å². The van der Waals surface area contributed by atoms with E-state index in [0.717, 1.165) is 122 Å². The Kier molecular flexibility index (Phi) is 10.1. The number of rotatable bonds is 0. The maximum atomic E-state index is 7.40. The van der Waals surface area contributed by atoms with E-state index in [1.165, 1.54) is 22.3 Å².